The molecule has 0 spiro atoms. The predicted molar refractivity (Wildman–Crippen MR) is 144 cm³/mol. The molecule has 0 radical (unpaired) electrons. The fourth-order valence-corrected chi connectivity index (χ4v) is 4.35. The maximum absolute atomic E-state index is 13.9. The Morgan fingerprint density at radius 1 is 0.861 bits per heavy atom. The maximum Gasteiger partial charge on any atom is 0.257 e. The van der Waals surface area contributed by atoms with Crippen molar-refractivity contribution in [2.75, 3.05) is 6.61 Å². The number of aromatic nitrogens is 2. The van der Waals surface area contributed by atoms with E-state index in [2.05, 4.69) is 26.0 Å². The highest BCUT2D eigenvalue weighted by molar-refractivity contribution is 5.64. The number of para-hydroxylation sites is 1. The molecule has 1 aromatic heterocycles. The SMILES string of the molecule is CC(C)Cc1c(CCOCc2ccccc2)nc(-c2ccccc2O)n(CCc2ccccc2)c1=O. The number of ether oxygens (including phenoxy) is 1. The van der Waals surface area contributed by atoms with Crippen molar-refractivity contribution >= 4 is 0 Å². The lowest BCUT2D eigenvalue weighted by Crippen LogP contribution is -2.30. The van der Waals surface area contributed by atoms with E-state index in [0.717, 1.165) is 22.4 Å². The zero-order valence-corrected chi connectivity index (χ0v) is 21.1. The number of phenolic OH excluding ortho intramolecular Hbond substituents is 1. The largest absolute Gasteiger partial charge is 0.507 e. The number of rotatable bonds is 11. The van der Waals surface area contributed by atoms with Crippen molar-refractivity contribution in [1.82, 2.24) is 9.55 Å². The van der Waals surface area contributed by atoms with Gasteiger partial charge in [0.2, 0.25) is 0 Å². The minimum absolute atomic E-state index is 0.0362. The second-order valence-corrected chi connectivity index (χ2v) is 9.46. The first-order valence-corrected chi connectivity index (χ1v) is 12.6. The van der Waals surface area contributed by atoms with Crippen molar-refractivity contribution in [1.29, 1.82) is 0 Å². The molecule has 5 heteroatoms. The van der Waals surface area contributed by atoms with E-state index in [-0.39, 0.29) is 11.3 Å². The van der Waals surface area contributed by atoms with Crippen molar-refractivity contribution in [3.05, 3.63) is 118 Å². The zero-order chi connectivity index (χ0) is 25.3. The molecule has 0 amide bonds. The van der Waals surface area contributed by atoms with Gasteiger partial charge >= 0.3 is 0 Å². The van der Waals surface area contributed by atoms with Gasteiger partial charge in [0.15, 0.2) is 0 Å². The van der Waals surface area contributed by atoms with Gasteiger partial charge in [-0.05, 0) is 42.0 Å². The van der Waals surface area contributed by atoms with Crippen molar-refractivity contribution in [2.24, 2.45) is 5.92 Å². The van der Waals surface area contributed by atoms with E-state index >= 15 is 0 Å². The topological polar surface area (TPSA) is 64.3 Å². The number of hydrogen-bond acceptors (Lipinski definition) is 4. The molecular weight excluding hydrogens is 448 g/mol. The minimum Gasteiger partial charge on any atom is -0.507 e. The summed E-state index contributed by atoms with van der Waals surface area (Å²) < 4.78 is 7.66. The third-order valence-electron chi connectivity index (χ3n) is 6.17. The van der Waals surface area contributed by atoms with Gasteiger partial charge in [0.25, 0.3) is 5.56 Å². The number of nitrogens with zero attached hydrogens (tertiary/aromatic N) is 2. The summed E-state index contributed by atoms with van der Waals surface area (Å²) in [7, 11) is 0. The maximum atomic E-state index is 13.9. The summed E-state index contributed by atoms with van der Waals surface area (Å²) in [5, 5.41) is 10.6. The lowest BCUT2D eigenvalue weighted by molar-refractivity contribution is 0.123. The van der Waals surface area contributed by atoms with Crippen LogP contribution in [-0.2, 0) is 37.2 Å². The summed E-state index contributed by atoms with van der Waals surface area (Å²) in [6, 6.07) is 27.2. The first-order valence-electron chi connectivity index (χ1n) is 12.6. The van der Waals surface area contributed by atoms with Crippen LogP contribution >= 0.6 is 0 Å². The molecular formula is C31H34N2O3. The van der Waals surface area contributed by atoms with Gasteiger partial charge in [0.05, 0.1) is 24.5 Å². The number of aryl methyl sites for hydroxylation is 1. The molecule has 0 bridgehead atoms. The molecule has 0 aliphatic carbocycles. The van der Waals surface area contributed by atoms with Crippen LogP contribution < -0.4 is 5.56 Å². The first-order chi connectivity index (χ1) is 17.5. The normalized spacial score (nSPS) is 11.2. The standard InChI is InChI=1S/C31H34N2O3/c1-23(2)21-27-28(18-20-36-22-25-13-7-4-8-14-25)32-30(26-15-9-10-16-29(26)34)33(31(27)35)19-17-24-11-5-3-6-12-24/h3-16,23,34H,17-22H2,1-2H3. The van der Waals surface area contributed by atoms with Gasteiger partial charge in [0.1, 0.15) is 11.6 Å². The second-order valence-electron chi connectivity index (χ2n) is 9.46. The number of phenols is 1. The minimum atomic E-state index is -0.0362. The molecule has 36 heavy (non-hydrogen) atoms. The highest BCUT2D eigenvalue weighted by atomic mass is 16.5. The molecule has 186 valence electrons. The fraction of sp³-hybridized carbons (Fsp3) is 0.290. The molecule has 0 fully saturated rings. The van der Waals surface area contributed by atoms with Gasteiger partial charge < -0.3 is 9.84 Å². The molecule has 0 atom stereocenters. The third-order valence-corrected chi connectivity index (χ3v) is 6.17. The highest BCUT2D eigenvalue weighted by Crippen LogP contribution is 2.28. The smallest absolute Gasteiger partial charge is 0.257 e. The van der Waals surface area contributed by atoms with E-state index in [1.807, 2.05) is 60.7 Å². The van der Waals surface area contributed by atoms with Gasteiger partial charge in [-0.15, -0.1) is 0 Å². The van der Waals surface area contributed by atoms with E-state index in [1.54, 1.807) is 16.7 Å². The van der Waals surface area contributed by atoms with Crippen LogP contribution in [0.4, 0.5) is 0 Å². The summed E-state index contributed by atoms with van der Waals surface area (Å²) in [5.41, 5.74) is 4.27. The Hall–Kier alpha value is -3.70. The molecule has 1 N–H and O–H groups in total. The molecule has 0 saturated heterocycles. The number of aromatic hydroxyl groups is 1. The van der Waals surface area contributed by atoms with Gasteiger partial charge in [-0.25, -0.2) is 4.98 Å². The molecule has 0 aliphatic rings. The van der Waals surface area contributed by atoms with Crippen LogP contribution in [0.5, 0.6) is 5.75 Å². The molecule has 4 aromatic rings. The Bertz CT molecular complexity index is 1310. The predicted octanol–water partition coefficient (Wildman–Crippen LogP) is 5.82. The molecule has 4 rings (SSSR count). The van der Waals surface area contributed by atoms with Crippen LogP contribution in [0.25, 0.3) is 11.4 Å². The van der Waals surface area contributed by atoms with E-state index in [0.29, 0.717) is 56.3 Å². The lowest BCUT2D eigenvalue weighted by atomic mass is 10.0. The van der Waals surface area contributed by atoms with Crippen molar-refractivity contribution in [3.63, 3.8) is 0 Å². The van der Waals surface area contributed by atoms with Gasteiger partial charge in [-0.1, -0.05) is 86.6 Å². The van der Waals surface area contributed by atoms with E-state index in [1.165, 1.54) is 0 Å². The molecule has 1 heterocycles. The Kier molecular flexibility index (Phi) is 8.69. The number of hydrogen-bond donors (Lipinski definition) is 1. The zero-order valence-electron chi connectivity index (χ0n) is 21.1. The summed E-state index contributed by atoms with van der Waals surface area (Å²) in [4.78, 5) is 18.9. The summed E-state index contributed by atoms with van der Waals surface area (Å²) in [6.07, 6.45) is 1.88. The van der Waals surface area contributed by atoms with Crippen LogP contribution in [0.15, 0.2) is 89.7 Å². The molecule has 0 aliphatic heterocycles. The second kappa shape index (κ2) is 12.3. The Labute approximate surface area is 213 Å². The quantitative estimate of drug-likeness (QED) is 0.274. The number of benzene rings is 3. The van der Waals surface area contributed by atoms with E-state index in [9.17, 15) is 9.90 Å². The van der Waals surface area contributed by atoms with Crippen LogP contribution in [0.2, 0.25) is 0 Å². The monoisotopic (exact) mass is 482 g/mol. The Morgan fingerprint density at radius 2 is 1.50 bits per heavy atom. The summed E-state index contributed by atoms with van der Waals surface area (Å²) in [6.45, 7) is 5.68. The Balaban J connectivity index is 1.68. The van der Waals surface area contributed by atoms with Crippen molar-refractivity contribution < 1.29 is 9.84 Å². The van der Waals surface area contributed by atoms with Crippen LogP contribution in [-0.4, -0.2) is 21.3 Å². The van der Waals surface area contributed by atoms with Crippen LogP contribution in [0.1, 0.15) is 36.2 Å². The molecule has 0 unspecified atom stereocenters. The van der Waals surface area contributed by atoms with Gasteiger partial charge in [-0.3, -0.25) is 9.36 Å². The molecule has 5 nitrogen and oxygen atoms in total. The van der Waals surface area contributed by atoms with Gasteiger partial charge in [0, 0.05) is 18.5 Å². The van der Waals surface area contributed by atoms with Crippen LogP contribution in [0.3, 0.4) is 0 Å². The first kappa shape index (κ1) is 25.4. The van der Waals surface area contributed by atoms with E-state index < -0.39 is 0 Å². The Morgan fingerprint density at radius 3 is 2.17 bits per heavy atom. The highest BCUT2D eigenvalue weighted by Gasteiger charge is 2.20. The third kappa shape index (κ3) is 6.49. The average molecular weight is 483 g/mol. The summed E-state index contributed by atoms with van der Waals surface area (Å²) in [5.74, 6) is 0.919. The van der Waals surface area contributed by atoms with Crippen molar-refractivity contribution in [2.45, 2.75) is 46.3 Å². The van der Waals surface area contributed by atoms with Gasteiger partial charge in [-0.2, -0.15) is 0 Å². The fourth-order valence-electron chi connectivity index (χ4n) is 4.35. The summed E-state index contributed by atoms with van der Waals surface area (Å²) >= 11 is 0. The molecule has 0 saturated carbocycles. The lowest BCUT2D eigenvalue weighted by Gasteiger charge is -2.19. The van der Waals surface area contributed by atoms with E-state index in [4.69, 9.17) is 9.72 Å². The molecule has 3 aromatic carbocycles. The van der Waals surface area contributed by atoms with Crippen molar-refractivity contribution in [3.8, 4) is 17.1 Å². The average Bonchev–Trinajstić information content (AvgIpc) is 2.89. The van der Waals surface area contributed by atoms with Crippen LogP contribution in [0, 0.1) is 5.92 Å².